The maximum Gasteiger partial charge on any atom is 0.235 e. The Bertz CT molecular complexity index is 932. The van der Waals surface area contributed by atoms with E-state index in [1.54, 1.807) is 17.5 Å². The monoisotopic (exact) mass is 382 g/mol. The normalized spacial score (nSPS) is 11.3. The van der Waals surface area contributed by atoms with Crippen LogP contribution < -0.4 is 0 Å². The minimum absolute atomic E-state index is 0.346. The molecule has 104 valence electrons. The van der Waals surface area contributed by atoms with Crippen molar-refractivity contribution in [2.45, 2.75) is 0 Å². The van der Waals surface area contributed by atoms with Gasteiger partial charge in [0.1, 0.15) is 11.5 Å². The Morgan fingerprint density at radius 1 is 1.19 bits per heavy atom. The minimum atomic E-state index is -0.386. The Morgan fingerprint density at radius 3 is 2.86 bits per heavy atom. The van der Waals surface area contributed by atoms with Gasteiger partial charge in [-0.15, -0.1) is 15.3 Å². The first-order chi connectivity index (χ1) is 10.2. The number of hydrogen-bond acceptors (Lipinski definition) is 7. The van der Waals surface area contributed by atoms with Crippen LogP contribution in [0.4, 0.5) is 4.39 Å². The van der Waals surface area contributed by atoms with Gasteiger partial charge in [-0.25, -0.2) is 4.39 Å². The van der Waals surface area contributed by atoms with Crippen molar-refractivity contribution in [3.63, 3.8) is 0 Å². The van der Waals surface area contributed by atoms with E-state index in [9.17, 15) is 4.39 Å². The molecule has 4 rings (SSSR count). The molecule has 0 unspecified atom stereocenters. The van der Waals surface area contributed by atoms with E-state index in [0.717, 1.165) is 0 Å². The van der Waals surface area contributed by atoms with Crippen LogP contribution in [0.15, 0.2) is 28.1 Å². The molecule has 0 N–H and O–H groups in total. The van der Waals surface area contributed by atoms with E-state index >= 15 is 0 Å². The molecule has 0 aliphatic rings. The Balaban J connectivity index is 1.89. The number of fused-ring (bicyclic) bond motifs is 1. The van der Waals surface area contributed by atoms with Crippen molar-refractivity contribution in [3.8, 4) is 22.1 Å². The summed E-state index contributed by atoms with van der Waals surface area (Å²) in [6.07, 6.45) is 0. The summed E-state index contributed by atoms with van der Waals surface area (Å²) in [7, 11) is 0. The van der Waals surface area contributed by atoms with Crippen LogP contribution in [0.3, 0.4) is 0 Å². The second kappa shape index (κ2) is 4.90. The lowest BCUT2D eigenvalue weighted by atomic mass is 10.2. The van der Waals surface area contributed by atoms with Gasteiger partial charge >= 0.3 is 0 Å². The zero-order chi connectivity index (χ0) is 14.4. The maximum atomic E-state index is 14.1. The molecule has 0 fully saturated rings. The highest BCUT2D eigenvalue weighted by Crippen LogP contribution is 2.29. The van der Waals surface area contributed by atoms with E-state index in [-0.39, 0.29) is 5.82 Å². The van der Waals surface area contributed by atoms with Crippen molar-refractivity contribution in [2.75, 3.05) is 0 Å². The van der Waals surface area contributed by atoms with Gasteiger partial charge in [-0.1, -0.05) is 31.8 Å². The molecule has 3 aromatic heterocycles. The summed E-state index contributed by atoms with van der Waals surface area (Å²) in [5, 5.41) is 18.9. The van der Waals surface area contributed by atoms with E-state index in [1.807, 2.05) is 0 Å². The molecule has 0 spiro atoms. The fourth-order valence-electron chi connectivity index (χ4n) is 1.82. The standard InChI is InChI=1S/C11H4BrFN6S2/c12-5-1-2-6(7(13)3-5)9-15-16-11-19(9)17-10(21-11)8-4-20-18-14-8/h1-4H. The fourth-order valence-corrected chi connectivity index (χ4v) is 3.46. The van der Waals surface area contributed by atoms with Crippen molar-refractivity contribution < 1.29 is 4.39 Å². The van der Waals surface area contributed by atoms with Crippen LogP contribution >= 0.6 is 38.8 Å². The Morgan fingerprint density at radius 2 is 2.10 bits per heavy atom. The lowest BCUT2D eigenvalue weighted by Crippen LogP contribution is -1.93. The second-order valence-electron chi connectivity index (χ2n) is 4.04. The van der Waals surface area contributed by atoms with Crippen LogP contribution in [0.1, 0.15) is 0 Å². The van der Waals surface area contributed by atoms with Gasteiger partial charge in [0.2, 0.25) is 4.96 Å². The molecule has 0 saturated carbocycles. The van der Waals surface area contributed by atoms with Gasteiger partial charge in [0.05, 0.1) is 5.56 Å². The molecule has 0 amide bonds. The predicted molar refractivity (Wildman–Crippen MR) is 80.7 cm³/mol. The predicted octanol–water partition coefficient (Wildman–Crippen LogP) is 3.27. The molecule has 0 aliphatic heterocycles. The lowest BCUT2D eigenvalue weighted by molar-refractivity contribution is 0.628. The van der Waals surface area contributed by atoms with Gasteiger partial charge in [0.15, 0.2) is 10.8 Å². The summed E-state index contributed by atoms with van der Waals surface area (Å²) >= 11 is 5.81. The Kier molecular flexibility index (Phi) is 3.01. The average Bonchev–Trinajstić information content (AvgIpc) is 3.14. The van der Waals surface area contributed by atoms with Crippen molar-refractivity contribution in [2.24, 2.45) is 0 Å². The summed E-state index contributed by atoms with van der Waals surface area (Å²) in [6.45, 7) is 0. The summed E-state index contributed by atoms with van der Waals surface area (Å²) < 4.78 is 20.1. The first kappa shape index (κ1) is 12.9. The molecule has 0 atom stereocenters. The van der Waals surface area contributed by atoms with Gasteiger partial charge in [0, 0.05) is 9.85 Å². The van der Waals surface area contributed by atoms with Crippen molar-refractivity contribution in [3.05, 3.63) is 33.9 Å². The quantitative estimate of drug-likeness (QED) is 0.532. The Labute approximate surface area is 133 Å². The van der Waals surface area contributed by atoms with Crippen LogP contribution in [0.25, 0.3) is 27.1 Å². The van der Waals surface area contributed by atoms with Crippen LogP contribution in [0, 0.1) is 5.82 Å². The highest BCUT2D eigenvalue weighted by molar-refractivity contribution is 9.10. The second-order valence-corrected chi connectivity index (χ2v) is 6.52. The van der Waals surface area contributed by atoms with Crippen molar-refractivity contribution >= 4 is 43.8 Å². The van der Waals surface area contributed by atoms with Gasteiger partial charge in [-0.2, -0.15) is 9.61 Å². The van der Waals surface area contributed by atoms with E-state index in [1.165, 1.54) is 33.5 Å². The third kappa shape index (κ3) is 2.15. The molecule has 1 aromatic carbocycles. The summed E-state index contributed by atoms with van der Waals surface area (Å²) in [5.41, 5.74) is 1.02. The average molecular weight is 383 g/mol. The smallest absolute Gasteiger partial charge is 0.206 e. The highest BCUT2D eigenvalue weighted by Gasteiger charge is 2.18. The van der Waals surface area contributed by atoms with Crippen LogP contribution in [0.5, 0.6) is 0 Å². The topological polar surface area (TPSA) is 68.9 Å². The van der Waals surface area contributed by atoms with E-state index in [2.05, 4.69) is 40.8 Å². The molecule has 4 aromatic rings. The number of nitrogens with zero attached hydrogens (tertiary/aromatic N) is 6. The number of rotatable bonds is 2. The minimum Gasteiger partial charge on any atom is -0.206 e. The van der Waals surface area contributed by atoms with Gasteiger partial charge < -0.3 is 0 Å². The van der Waals surface area contributed by atoms with Crippen LogP contribution in [0.2, 0.25) is 0 Å². The fraction of sp³-hybridized carbons (Fsp3) is 0. The first-order valence-corrected chi connectivity index (χ1v) is 8.12. The number of halogens is 2. The third-order valence-corrected chi connectivity index (χ3v) is 4.66. The summed E-state index contributed by atoms with van der Waals surface area (Å²) in [5.74, 6) is -0.0239. The molecule has 6 nitrogen and oxygen atoms in total. The molecule has 0 bridgehead atoms. The van der Waals surface area contributed by atoms with Gasteiger partial charge in [-0.3, -0.25) is 0 Å². The Hall–Kier alpha value is -1.78. The molecular formula is C11H4BrFN6S2. The molecule has 0 radical (unpaired) electrons. The molecule has 0 saturated heterocycles. The zero-order valence-corrected chi connectivity index (χ0v) is 13.3. The van der Waals surface area contributed by atoms with Crippen molar-refractivity contribution in [1.82, 2.24) is 29.4 Å². The van der Waals surface area contributed by atoms with Crippen LogP contribution in [-0.2, 0) is 0 Å². The molecular weight excluding hydrogens is 379 g/mol. The SMILES string of the molecule is Fc1cc(Br)ccc1-c1nnc2sc(-c3csnn3)nn12. The number of aromatic nitrogens is 6. The van der Waals surface area contributed by atoms with Gasteiger partial charge in [-0.05, 0) is 29.7 Å². The van der Waals surface area contributed by atoms with E-state index < -0.39 is 0 Å². The summed E-state index contributed by atoms with van der Waals surface area (Å²) in [6, 6.07) is 4.77. The third-order valence-electron chi connectivity index (χ3n) is 2.74. The number of benzene rings is 1. The number of hydrogen-bond donors (Lipinski definition) is 0. The molecule has 10 heteroatoms. The zero-order valence-electron chi connectivity index (χ0n) is 10.1. The van der Waals surface area contributed by atoms with Crippen LogP contribution in [-0.4, -0.2) is 29.4 Å². The summed E-state index contributed by atoms with van der Waals surface area (Å²) in [4.78, 5) is 0.579. The molecule has 21 heavy (non-hydrogen) atoms. The highest BCUT2D eigenvalue weighted by atomic mass is 79.9. The lowest BCUT2D eigenvalue weighted by Gasteiger charge is -1.99. The largest absolute Gasteiger partial charge is 0.235 e. The van der Waals surface area contributed by atoms with E-state index in [0.29, 0.717) is 31.5 Å². The molecule has 0 aliphatic carbocycles. The first-order valence-electron chi connectivity index (χ1n) is 5.67. The maximum absolute atomic E-state index is 14.1. The van der Waals surface area contributed by atoms with Crippen molar-refractivity contribution in [1.29, 1.82) is 0 Å². The molecule has 3 heterocycles. The van der Waals surface area contributed by atoms with E-state index in [4.69, 9.17) is 0 Å². The van der Waals surface area contributed by atoms with Gasteiger partial charge in [0.25, 0.3) is 0 Å².